The normalized spacial score (nSPS) is 15.2. The van der Waals surface area contributed by atoms with Crippen molar-refractivity contribution in [3.05, 3.63) is 42.4 Å². The van der Waals surface area contributed by atoms with E-state index in [4.69, 9.17) is 9.47 Å². The van der Waals surface area contributed by atoms with Gasteiger partial charge in [0.2, 0.25) is 5.91 Å². The van der Waals surface area contributed by atoms with E-state index in [-0.39, 0.29) is 18.0 Å². The van der Waals surface area contributed by atoms with E-state index in [1.54, 1.807) is 19.4 Å². The Bertz CT molecular complexity index is 1250. The van der Waals surface area contributed by atoms with Gasteiger partial charge in [-0.3, -0.25) is 9.59 Å². The van der Waals surface area contributed by atoms with E-state index in [0.717, 1.165) is 44.3 Å². The third-order valence-electron chi connectivity index (χ3n) is 6.32. The summed E-state index contributed by atoms with van der Waals surface area (Å²) in [6, 6.07) is 7.47. The highest BCUT2D eigenvalue weighted by atomic mass is 16.5. The van der Waals surface area contributed by atoms with Gasteiger partial charge in [-0.15, -0.1) is 0 Å². The number of carbonyl (C=O) groups excluding carboxylic acids is 2. The van der Waals surface area contributed by atoms with Crippen LogP contribution in [0.25, 0.3) is 10.9 Å². The molecule has 4 rings (SSSR count). The van der Waals surface area contributed by atoms with Gasteiger partial charge in [0.15, 0.2) is 0 Å². The van der Waals surface area contributed by atoms with Gasteiger partial charge in [-0.25, -0.2) is 15.0 Å². The predicted molar refractivity (Wildman–Crippen MR) is 144 cm³/mol. The molecule has 3 N–H and O–H groups in total. The van der Waals surface area contributed by atoms with Gasteiger partial charge in [0.25, 0.3) is 0 Å². The van der Waals surface area contributed by atoms with Crippen LogP contribution in [0.2, 0.25) is 0 Å². The Morgan fingerprint density at radius 1 is 1.08 bits per heavy atom. The van der Waals surface area contributed by atoms with Crippen molar-refractivity contribution in [2.75, 3.05) is 44.5 Å². The van der Waals surface area contributed by atoms with Crippen LogP contribution in [0.15, 0.2) is 36.8 Å². The molecule has 1 unspecified atom stereocenters. The van der Waals surface area contributed by atoms with Gasteiger partial charge < -0.3 is 30.2 Å². The molecule has 1 fully saturated rings. The molecular formula is C27H34N6O5. The van der Waals surface area contributed by atoms with E-state index in [1.807, 2.05) is 18.2 Å². The van der Waals surface area contributed by atoms with Crippen LogP contribution in [0.3, 0.4) is 0 Å². The number of aromatic nitrogens is 3. The minimum atomic E-state index is -0.206. The summed E-state index contributed by atoms with van der Waals surface area (Å²) < 4.78 is 16.0. The average molecular weight is 523 g/mol. The number of benzene rings is 1. The van der Waals surface area contributed by atoms with Gasteiger partial charge in [-0.1, -0.05) is 12.8 Å². The lowest BCUT2D eigenvalue weighted by atomic mass is 10.1. The van der Waals surface area contributed by atoms with E-state index in [0.29, 0.717) is 53.4 Å². The average Bonchev–Trinajstić information content (AvgIpc) is 2.95. The first-order valence-electron chi connectivity index (χ1n) is 12.8. The second kappa shape index (κ2) is 13.6. The molecule has 11 heteroatoms. The maximum absolute atomic E-state index is 12.7. The molecule has 2 aromatic heterocycles. The summed E-state index contributed by atoms with van der Waals surface area (Å²) >= 11 is 0. The monoisotopic (exact) mass is 522 g/mol. The van der Waals surface area contributed by atoms with Crippen LogP contribution in [0.5, 0.6) is 5.75 Å². The van der Waals surface area contributed by atoms with Crippen LogP contribution in [0.4, 0.5) is 17.3 Å². The number of esters is 1. The van der Waals surface area contributed by atoms with Gasteiger partial charge in [-0.2, -0.15) is 0 Å². The van der Waals surface area contributed by atoms with Crippen molar-refractivity contribution < 1.29 is 23.8 Å². The molecule has 0 bridgehead atoms. The topological polar surface area (TPSA) is 137 Å². The third-order valence-corrected chi connectivity index (χ3v) is 6.32. The maximum atomic E-state index is 12.7. The van der Waals surface area contributed by atoms with Gasteiger partial charge in [0.1, 0.15) is 23.7 Å². The Balaban J connectivity index is 1.44. The fraction of sp³-hybridized carbons (Fsp3) is 0.444. The molecule has 0 saturated carbocycles. The molecule has 1 aliphatic rings. The zero-order valence-electron chi connectivity index (χ0n) is 21.8. The predicted octanol–water partition coefficient (Wildman–Crippen LogP) is 3.89. The molecule has 3 aromatic rings. The zero-order valence-corrected chi connectivity index (χ0v) is 21.8. The summed E-state index contributed by atoms with van der Waals surface area (Å²) in [6.07, 6.45) is 7.15. The second-order valence-electron chi connectivity index (χ2n) is 8.99. The Kier molecular flexibility index (Phi) is 9.77. The molecule has 0 radical (unpaired) electrons. The minimum absolute atomic E-state index is 0.0339. The van der Waals surface area contributed by atoms with E-state index in [2.05, 4.69) is 35.6 Å². The van der Waals surface area contributed by atoms with Crippen LogP contribution in [0, 0.1) is 0 Å². The molecule has 3 heterocycles. The van der Waals surface area contributed by atoms with Crippen LogP contribution in [-0.2, 0) is 19.1 Å². The summed E-state index contributed by atoms with van der Waals surface area (Å²) in [5.41, 5.74) is 2.23. The van der Waals surface area contributed by atoms with Crippen LogP contribution in [-0.4, -0.2) is 60.7 Å². The first-order chi connectivity index (χ1) is 18.6. The van der Waals surface area contributed by atoms with E-state index in [1.165, 1.54) is 13.4 Å². The number of hydrogen-bond acceptors (Lipinski definition) is 10. The molecular weight excluding hydrogens is 488 g/mol. The number of methoxy groups -OCH3 is 2. The van der Waals surface area contributed by atoms with Crippen molar-refractivity contribution in [3.63, 3.8) is 0 Å². The lowest BCUT2D eigenvalue weighted by Gasteiger charge is -2.24. The number of anilines is 3. The molecule has 0 spiro atoms. The molecule has 11 nitrogen and oxygen atoms in total. The van der Waals surface area contributed by atoms with Gasteiger partial charge in [0, 0.05) is 43.6 Å². The Morgan fingerprint density at radius 2 is 1.92 bits per heavy atom. The number of unbranched alkanes of at least 4 members (excludes halogenated alkanes) is 3. The van der Waals surface area contributed by atoms with Crippen molar-refractivity contribution in [2.24, 2.45) is 0 Å². The molecule has 1 aromatic carbocycles. The highest BCUT2D eigenvalue weighted by molar-refractivity contribution is 5.99. The van der Waals surface area contributed by atoms with Crippen LogP contribution in [0.1, 0.15) is 50.2 Å². The molecule has 38 heavy (non-hydrogen) atoms. The Hall–Kier alpha value is -3.83. The van der Waals surface area contributed by atoms with E-state index in [9.17, 15) is 9.59 Å². The van der Waals surface area contributed by atoms with Gasteiger partial charge in [-0.05, 0) is 36.6 Å². The summed E-state index contributed by atoms with van der Waals surface area (Å²) in [4.78, 5) is 37.1. The van der Waals surface area contributed by atoms with E-state index >= 15 is 0 Å². The first kappa shape index (κ1) is 27.2. The van der Waals surface area contributed by atoms with Crippen molar-refractivity contribution in [1.29, 1.82) is 0 Å². The molecule has 1 aliphatic heterocycles. The SMILES string of the molecule is COC(=O)CCCCCCC(=O)Nc1cc2c(Nc3cc(C4CNCCO4)ccn3)ncnc2cc1OC. The molecule has 1 saturated heterocycles. The number of amides is 1. The summed E-state index contributed by atoms with van der Waals surface area (Å²) in [5, 5.41) is 10.3. The van der Waals surface area contributed by atoms with Crippen molar-refractivity contribution in [3.8, 4) is 5.75 Å². The minimum Gasteiger partial charge on any atom is -0.494 e. The number of nitrogens with zero attached hydrogens (tertiary/aromatic N) is 3. The Morgan fingerprint density at radius 3 is 2.68 bits per heavy atom. The van der Waals surface area contributed by atoms with Crippen LogP contribution >= 0.6 is 0 Å². The third kappa shape index (κ3) is 7.36. The molecule has 1 atom stereocenters. The lowest BCUT2D eigenvalue weighted by molar-refractivity contribution is -0.140. The van der Waals surface area contributed by atoms with Crippen molar-refractivity contribution >= 4 is 40.1 Å². The highest BCUT2D eigenvalue weighted by Crippen LogP contribution is 2.33. The maximum Gasteiger partial charge on any atom is 0.305 e. The standard InChI is InChI=1S/C27H34N6O5/c1-36-22-15-20-19(14-21(22)32-25(34)7-5-3-4-6-8-26(35)37-2)27(31-17-30-20)33-24-13-18(9-10-29-24)23-16-28-11-12-38-23/h9-10,13-15,17,23,28H,3-8,11-12,16H2,1-2H3,(H,32,34)(H,29,30,31,33). The second-order valence-corrected chi connectivity index (χ2v) is 8.99. The lowest BCUT2D eigenvalue weighted by Crippen LogP contribution is -2.33. The smallest absolute Gasteiger partial charge is 0.305 e. The number of ether oxygens (including phenoxy) is 3. The first-order valence-corrected chi connectivity index (χ1v) is 12.8. The van der Waals surface area contributed by atoms with Gasteiger partial charge >= 0.3 is 5.97 Å². The number of carbonyl (C=O) groups is 2. The number of pyridine rings is 1. The van der Waals surface area contributed by atoms with Crippen LogP contribution < -0.4 is 20.7 Å². The number of fused-ring (bicyclic) bond motifs is 1. The largest absolute Gasteiger partial charge is 0.494 e. The number of hydrogen-bond donors (Lipinski definition) is 3. The summed E-state index contributed by atoms with van der Waals surface area (Å²) in [7, 11) is 2.94. The highest BCUT2D eigenvalue weighted by Gasteiger charge is 2.17. The molecule has 202 valence electrons. The van der Waals surface area contributed by atoms with Crippen molar-refractivity contribution in [2.45, 2.75) is 44.6 Å². The van der Waals surface area contributed by atoms with E-state index < -0.39 is 0 Å². The van der Waals surface area contributed by atoms with Crippen molar-refractivity contribution in [1.82, 2.24) is 20.3 Å². The Labute approximate surface area is 221 Å². The number of rotatable bonds is 12. The number of morpholine rings is 1. The summed E-state index contributed by atoms with van der Waals surface area (Å²) in [5.74, 6) is 1.38. The molecule has 0 aliphatic carbocycles. The van der Waals surface area contributed by atoms with Gasteiger partial charge in [0.05, 0.1) is 38.1 Å². The summed E-state index contributed by atoms with van der Waals surface area (Å²) in [6.45, 7) is 2.26. The molecule has 1 amide bonds. The fourth-order valence-corrected chi connectivity index (χ4v) is 4.29. The zero-order chi connectivity index (χ0) is 26.7. The number of nitrogens with one attached hydrogen (secondary N) is 3. The quantitative estimate of drug-likeness (QED) is 0.237. The fourth-order valence-electron chi connectivity index (χ4n) is 4.29.